The van der Waals surface area contributed by atoms with E-state index in [4.69, 9.17) is 9.15 Å². The highest BCUT2D eigenvalue weighted by atomic mass is 16.5. The average molecular weight is 209 g/mol. The summed E-state index contributed by atoms with van der Waals surface area (Å²) in [6.45, 7) is 3.05. The number of hydrogen-bond donors (Lipinski definition) is 1. The number of ether oxygens (including phenoxy) is 1. The lowest BCUT2D eigenvalue weighted by Gasteiger charge is -2.40. The van der Waals surface area contributed by atoms with E-state index in [0.29, 0.717) is 0 Å². The van der Waals surface area contributed by atoms with Crippen molar-refractivity contribution in [2.45, 2.75) is 37.8 Å². The molecule has 1 saturated heterocycles. The zero-order valence-electron chi connectivity index (χ0n) is 9.45. The summed E-state index contributed by atoms with van der Waals surface area (Å²) in [4.78, 5) is 0. The second-order valence-corrected chi connectivity index (χ2v) is 4.40. The minimum absolute atomic E-state index is 0.100. The minimum atomic E-state index is -0.100. The lowest BCUT2D eigenvalue weighted by atomic mass is 9.85. The van der Waals surface area contributed by atoms with Gasteiger partial charge in [-0.3, -0.25) is 0 Å². The third-order valence-electron chi connectivity index (χ3n) is 3.28. The van der Waals surface area contributed by atoms with Crippen LogP contribution < -0.4 is 5.32 Å². The molecule has 2 rings (SSSR count). The molecular formula is C12H19NO2. The van der Waals surface area contributed by atoms with Crippen molar-refractivity contribution < 1.29 is 9.15 Å². The van der Waals surface area contributed by atoms with E-state index < -0.39 is 0 Å². The Hall–Kier alpha value is -0.800. The molecule has 0 radical (unpaired) electrons. The predicted molar refractivity (Wildman–Crippen MR) is 58.7 cm³/mol. The highest BCUT2D eigenvalue weighted by Gasteiger charge is 2.37. The maximum Gasteiger partial charge on any atom is 0.0951 e. The molecule has 84 valence electrons. The van der Waals surface area contributed by atoms with Crippen molar-refractivity contribution in [3.8, 4) is 0 Å². The topological polar surface area (TPSA) is 34.4 Å². The molecule has 0 aliphatic carbocycles. The molecule has 0 bridgehead atoms. The van der Waals surface area contributed by atoms with Crippen molar-refractivity contribution in [2.75, 3.05) is 13.7 Å². The summed E-state index contributed by atoms with van der Waals surface area (Å²) in [5.41, 5.74) is 1.07. The molecule has 1 aromatic heterocycles. The average Bonchev–Trinajstić information content (AvgIpc) is 2.73. The van der Waals surface area contributed by atoms with Gasteiger partial charge in [0.05, 0.1) is 24.2 Å². The normalized spacial score (nSPS) is 28.9. The van der Waals surface area contributed by atoms with Gasteiger partial charge in [0.2, 0.25) is 0 Å². The van der Waals surface area contributed by atoms with E-state index in [1.54, 1.807) is 12.5 Å². The fourth-order valence-corrected chi connectivity index (χ4v) is 2.45. The zero-order valence-corrected chi connectivity index (χ0v) is 9.45. The van der Waals surface area contributed by atoms with Crippen LogP contribution in [0.25, 0.3) is 0 Å². The van der Waals surface area contributed by atoms with E-state index >= 15 is 0 Å². The third-order valence-corrected chi connectivity index (χ3v) is 3.28. The molecule has 1 aliphatic rings. The second kappa shape index (κ2) is 4.37. The van der Waals surface area contributed by atoms with Crippen molar-refractivity contribution >= 4 is 0 Å². The molecule has 0 aromatic carbocycles. The van der Waals surface area contributed by atoms with Gasteiger partial charge in [0.15, 0.2) is 0 Å². The van der Waals surface area contributed by atoms with Crippen LogP contribution in [0.3, 0.4) is 0 Å². The maximum atomic E-state index is 5.94. The molecule has 0 spiro atoms. The molecular weight excluding hydrogens is 190 g/mol. The number of nitrogens with one attached hydrogen (secondary N) is 1. The number of furan rings is 1. The summed E-state index contributed by atoms with van der Waals surface area (Å²) in [6.07, 6.45) is 7.03. The SMILES string of the molecule is CNC(c1ccoc1)C1(C)CCCCO1. The van der Waals surface area contributed by atoms with Crippen LogP contribution >= 0.6 is 0 Å². The first-order valence-corrected chi connectivity index (χ1v) is 5.59. The van der Waals surface area contributed by atoms with E-state index in [2.05, 4.69) is 12.2 Å². The van der Waals surface area contributed by atoms with Gasteiger partial charge in [-0.2, -0.15) is 0 Å². The van der Waals surface area contributed by atoms with Crippen molar-refractivity contribution in [3.05, 3.63) is 24.2 Å². The summed E-state index contributed by atoms with van der Waals surface area (Å²) in [5, 5.41) is 3.33. The molecule has 3 nitrogen and oxygen atoms in total. The highest BCUT2D eigenvalue weighted by molar-refractivity contribution is 5.16. The minimum Gasteiger partial charge on any atom is -0.472 e. The summed E-state index contributed by atoms with van der Waals surface area (Å²) in [6, 6.07) is 2.22. The van der Waals surface area contributed by atoms with Crippen LogP contribution in [-0.4, -0.2) is 19.3 Å². The number of hydrogen-bond acceptors (Lipinski definition) is 3. The molecule has 0 saturated carbocycles. The van der Waals surface area contributed by atoms with Crippen LogP contribution in [0.1, 0.15) is 37.8 Å². The van der Waals surface area contributed by atoms with Crippen LogP contribution in [0.2, 0.25) is 0 Å². The molecule has 2 unspecified atom stereocenters. The molecule has 1 aromatic rings. The fourth-order valence-electron chi connectivity index (χ4n) is 2.45. The zero-order chi connectivity index (χ0) is 10.7. The third kappa shape index (κ3) is 2.08. The summed E-state index contributed by atoms with van der Waals surface area (Å²) < 4.78 is 11.1. The Labute approximate surface area is 90.8 Å². The standard InChI is InChI=1S/C12H19NO2/c1-12(6-3-4-7-15-12)11(13-2)10-5-8-14-9-10/h5,8-9,11,13H,3-4,6-7H2,1-2H3. The molecule has 2 atom stereocenters. The largest absolute Gasteiger partial charge is 0.472 e. The van der Waals surface area contributed by atoms with Gasteiger partial charge in [-0.25, -0.2) is 0 Å². The van der Waals surface area contributed by atoms with Crippen molar-refractivity contribution in [3.63, 3.8) is 0 Å². The summed E-state index contributed by atoms with van der Waals surface area (Å²) in [7, 11) is 1.97. The van der Waals surface area contributed by atoms with E-state index in [0.717, 1.165) is 13.0 Å². The molecule has 15 heavy (non-hydrogen) atoms. The Bertz CT molecular complexity index is 289. The van der Waals surface area contributed by atoms with E-state index in [1.807, 2.05) is 13.1 Å². The summed E-state index contributed by atoms with van der Waals surface area (Å²) in [5.74, 6) is 0. The number of likely N-dealkylation sites (N-methyl/N-ethyl adjacent to an activating group) is 1. The van der Waals surface area contributed by atoms with Crippen LogP contribution in [0, 0.1) is 0 Å². The second-order valence-electron chi connectivity index (χ2n) is 4.40. The quantitative estimate of drug-likeness (QED) is 0.830. The molecule has 3 heteroatoms. The molecule has 0 amide bonds. The van der Waals surface area contributed by atoms with Gasteiger partial charge in [-0.05, 0) is 39.3 Å². The first kappa shape index (κ1) is 10.7. The first-order valence-electron chi connectivity index (χ1n) is 5.59. The number of rotatable bonds is 3. The first-order chi connectivity index (χ1) is 7.26. The van der Waals surface area contributed by atoms with Crippen LogP contribution in [0.4, 0.5) is 0 Å². The Balaban J connectivity index is 2.18. The molecule has 1 fully saturated rings. The predicted octanol–water partition coefficient (Wildman–Crippen LogP) is 2.50. The van der Waals surface area contributed by atoms with Crippen LogP contribution in [-0.2, 0) is 4.74 Å². The van der Waals surface area contributed by atoms with E-state index in [-0.39, 0.29) is 11.6 Å². The van der Waals surface area contributed by atoms with E-state index in [9.17, 15) is 0 Å². The fraction of sp³-hybridized carbons (Fsp3) is 0.667. The molecule has 1 N–H and O–H groups in total. The van der Waals surface area contributed by atoms with Crippen LogP contribution in [0.5, 0.6) is 0 Å². The molecule has 1 aliphatic heterocycles. The lowest BCUT2D eigenvalue weighted by molar-refractivity contribution is -0.0885. The van der Waals surface area contributed by atoms with Gasteiger partial charge in [0.25, 0.3) is 0 Å². The van der Waals surface area contributed by atoms with E-state index in [1.165, 1.54) is 18.4 Å². The Morgan fingerprint density at radius 1 is 1.47 bits per heavy atom. The van der Waals surface area contributed by atoms with Crippen molar-refractivity contribution in [2.24, 2.45) is 0 Å². The van der Waals surface area contributed by atoms with Gasteiger partial charge in [-0.15, -0.1) is 0 Å². The lowest BCUT2D eigenvalue weighted by Crippen LogP contribution is -2.44. The smallest absolute Gasteiger partial charge is 0.0951 e. The van der Waals surface area contributed by atoms with Gasteiger partial charge in [0, 0.05) is 12.2 Å². The Kier molecular flexibility index (Phi) is 3.12. The van der Waals surface area contributed by atoms with Crippen LogP contribution in [0.15, 0.2) is 23.0 Å². The highest BCUT2D eigenvalue weighted by Crippen LogP contribution is 2.36. The Morgan fingerprint density at radius 2 is 2.33 bits per heavy atom. The van der Waals surface area contributed by atoms with Crippen molar-refractivity contribution in [1.82, 2.24) is 5.32 Å². The monoisotopic (exact) mass is 209 g/mol. The summed E-state index contributed by atoms with van der Waals surface area (Å²) >= 11 is 0. The van der Waals surface area contributed by atoms with Gasteiger partial charge in [-0.1, -0.05) is 0 Å². The maximum absolute atomic E-state index is 5.94. The Morgan fingerprint density at radius 3 is 2.87 bits per heavy atom. The van der Waals surface area contributed by atoms with Gasteiger partial charge in [0.1, 0.15) is 0 Å². The van der Waals surface area contributed by atoms with Crippen molar-refractivity contribution in [1.29, 1.82) is 0 Å². The van der Waals surface area contributed by atoms with Gasteiger partial charge >= 0.3 is 0 Å². The molecule has 2 heterocycles. The van der Waals surface area contributed by atoms with Gasteiger partial charge < -0.3 is 14.5 Å².